The molecule has 0 aliphatic rings. The number of H-pyrrole nitrogens is 1. The summed E-state index contributed by atoms with van der Waals surface area (Å²) < 4.78 is 0. The molecule has 0 radical (unpaired) electrons. The molecule has 2 aromatic rings. The number of aryl methyl sites for hydroxylation is 1. The van der Waals surface area contributed by atoms with Crippen LogP contribution in [0.25, 0.3) is 0 Å². The smallest absolute Gasteiger partial charge is 0.241 e. The second-order valence-corrected chi connectivity index (χ2v) is 4.48. The standard InChI is InChI=1S/C14H18N4O/c1-10-12(9-16-18-10)8-15-11(2)14(19)17-13-6-4-3-5-7-13/h3-7,9,11,15H,8H2,1-2H3,(H,16,18)(H,17,19). The highest BCUT2D eigenvalue weighted by Crippen LogP contribution is 2.06. The minimum Gasteiger partial charge on any atom is -0.325 e. The summed E-state index contributed by atoms with van der Waals surface area (Å²) >= 11 is 0. The summed E-state index contributed by atoms with van der Waals surface area (Å²) in [5, 5.41) is 12.9. The lowest BCUT2D eigenvalue weighted by molar-refractivity contribution is -0.117. The number of nitrogens with zero attached hydrogens (tertiary/aromatic N) is 1. The largest absolute Gasteiger partial charge is 0.325 e. The van der Waals surface area contributed by atoms with Crippen LogP contribution in [0.2, 0.25) is 0 Å². The number of benzene rings is 1. The van der Waals surface area contributed by atoms with Crippen LogP contribution < -0.4 is 10.6 Å². The maximum Gasteiger partial charge on any atom is 0.241 e. The summed E-state index contributed by atoms with van der Waals surface area (Å²) in [6, 6.07) is 9.16. The van der Waals surface area contributed by atoms with E-state index in [0.717, 1.165) is 16.9 Å². The molecule has 1 heterocycles. The zero-order chi connectivity index (χ0) is 13.7. The third kappa shape index (κ3) is 3.66. The van der Waals surface area contributed by atoms with Gasteiger partial charge >= 0.3 is 0 Å². The van der Waals surface area contributed by atoms with E-state index in [2.05, 4.69) is 20.8 Å². The van der Waals surface area contributed by atoms with Gasteiger partial charge in [-0.05, 0) is 26.0 Å². The molecule has 0 bridgehead atoms. The quantitative estimate of drug-likeness (QED) is 0.766. The molecule has 0 spiro atoms. The van der Waals surface area contributed by atoms with E-state index in [1.807, 2.05) is 44.2 Å². The summed E-state index contributed by atoms with van der Waals surface area (Å²) in [6.45, 7) is 4.41. The molecule has 1 amide bonds. The lowest BCUT2D eigenvalue weighted by Gasteiger charge is -2.13. The molecule has 19 heavy (non-hydrogen) atoms. The third-order valence-corrected chi connectivity index (χ3v) is 2.97. The molecule has 2 rings (SSSR count). The zero-order valence-electron chi connectivity index (χ0n) is 11.1. The molecule has 3 N–H and O–H groups in total. The Kier molecular flexibility index (Phi) is 4.30. The number of hydrogen-bond donors (Lipinski definition) is 3. The van der Waals surface area contributed by atoms with Crippen molar-refractivity contribution in [3.05, 3.63) is 47.8 Å². The molecular weight excluding hydrogens is 240 g/mol. The van der Waals surface area contributed by atoms with Gasteiger partial charge in [0.05, 0.1) is 12.2 Å². The zero-order valence-corrected chi connectivity index (χ0v) is 11.1. The van der Waals surface area contributed by atoms with Gasteiger partial charge in [0.15, 0.2) is 0 Å². The van der Waals surface area contributed by atoms with E-state index in [1.165, 1.54) is 0 Å². The fraction of sp³-hybridized carbons (Fsp3) is 0.286. The van der Waals surface area contributed by atoms with Gasteiger partial charge < -0.3 is 10.6 Å². The van der Waals surface area contributed by atoms with Crippen LogP contribution >= 0.6 is 0 Å². The minimum absolute atomic E-state index is 0.0488. The minimum atomic E-state index is -0.269. The van der Waals surface area contributed by atoms with Gasteiger partial charge in [-0.25, -0.2) is 0 Å². The van der Waals surface area contributed by atoms with E-state index in [4.69, 9.17) is 0 Å². The molecule has 1 aromatic carbocycles. The van der Waals surface area contributed by atoms with Crippen molar-refractivity contribution in [2.75, 3.05) is 5.32 Å². The van der Waals surface area contributed by atoms with Crippen molar-refractivity contribution >= 4 is 11.6 Å². The lowest BCUT2D eigenvalue weighted by Crippen LogP contribution is -2.37. The number of carbonyl (C=O) groups excluding carboxylic acids is 1. The summed E-state index contributed by atoms with van der Waals surface area (Å²) in [4.78, 5) is 12.0. The first-order valence-corrected chi connectivity index (χ1v) is 6.25. The Morgan fingerprint density at radius 1 is 1.37 bits per heavy atom. The number of carbonyl (C=O) groups is 1. The number of para-hydroxylation sites is 1. The number of aromatic amines is 1. The molecule has 5 nitrogen and oxygen atoms in total. The van der Waals surface area contributed by atoms with Crippen LogP contribution in [-0.2, 0) is 11.3 Å². The van der Waals surface area contributed by atoms with Crippen LogP contribution in [0.4, 0.5) is 5.69 Å². The van der Waals surface area contributed by atoms with Gasteiger partial charge in [-0.15, -0.1) is 0 Å². The normalized spacial score (nSPS) is 12.1. The molecule has 1 aromatic heterocycles. The molecular formula is C14H18N4O. The van der Waals surface area contributed by atoms with Crippen LogP contribution in [0.1, 0.15) is 18.2 Å². The Morgan fingerprint density at radius 2 is 2.11 bits per heavy atom. The number of rotatable bonds is 5. The SMILES string of the molecule is Cc1[nH]ncc1CNC(C)C(=O)Nc1ccccc1. The van der Waals surface area contributed by atoms with E-state index in [1.54, 1.807) is 6.20 Å². The van der Waals surface area contributed by atoms with Gasteiger partial charge in [-0.2, -0.15) is 5.10 Å². The van der Waals surface area contributed by atoms with Crippen LogP contribution in [0.15, 0.2) is 36.5 Å². The van der Waals surface area contributed by atoms with E-state index < -0.39 is 0 Å². The van der Waals surface area contributed by atoms with Gasteiger partial charge in [0.1, 0.15) is 0 Å². The van der Waals surface area contributed by atoms with Crippen molar-refractivity contribution in [3.8, 4) is 0 Å². The second kappa shape index (κ2) is 6.15. The Bertz CT molecular complexity index is 535. The van der Waals surface area contributed by atoms with Gasteiger partial charge in [0.2, 0.25) is 5.91 Å². The summed E-state index contributed by atoms with van der Waals surface area (Å²) in [5.41, 5.74) is 2.89. The highest BCUT2D eigenvalue weighted by Gasteiger charge is 2.12. The lowest BCUT2D eigenvalue weighted by atomic mass is 10.2. The van der Waals surface area contributed by atoms with Crippen molar-refractivity contribution in [2.24, 2.45) is 0 Å². The highest BCUT2D eigenvalue weighted by molar-refractivity contribution is 5.94. The first-order valence-electron chi connectivity index (χ1n) is 6.25. The topological polar surface area (TPSA) is 69.8 Å². The predicted octanol–water partition coefficient (Wildman–Crippen LogP) is 1.83. The van der Waals surface area contributed by atoms with Gasteiger partial charge in [-0.1, -0.05) is 18.2 Å². The van der Waals surface area contributed by atoms with E-state index >= 15 is 0 Å². The summed E-state index contributed by atoms with van der Waals surface area (Å²) in [7, 11) is 0. The first-order chi connectivity index (χ1) is 9.16. The van der Waals surface area contributed by atoms with Crippen LogP contribution in [0.5, 0.6) is 0 Å². The molecule has 1 unspecified atom stereocenters. The molecule has 0 aliphatic heterocycles. The monoisotopic (exact) mass is 258 g/mol. The highest BCUT2D eigenvalue weighted by atomic mass is 16.2. The number of aromatic nitrogens is 2. The molecule has 100 valence electrons. The molecule has 0 saturated carbocycles. The van der Waals surface area contributed by atoms with Crippen molar-refractivity contribution in [1.82, 2.24) is 15.5 Å². The van der Waals surface area contributed by atoms with Crippen LogP contribution in [0.3, 0.4) is 0 Å². The predicted molar refractivity (Wildman–Crippen MR) is 74.7 cm³/mol. The number of anilines is 1. The number of nitrogens with one attached hydrogen (secondary N) is 3. The molecule has 0 saturated heterocycles. The van der Waals surface area contributed by atoms with Gasteiger partial charge in [0, 0.05) is 23.5 Å². The maximum atomic E-state index is 12.0. The number of hydrogen-bond acceptors (Lipinski definition) is 3. The van der Waals surface area contributed by atoms with Crippen molar-refractivity contribution in [1.29, 1.82) is 0 Å². The summed E-state index contributed by atoms with van der Waals surface area (Å²) in [5.74, 6) is -0.0488. The average Bonchev–Trinajstić information content (AvgIpc) is 2.82. The van der Waals surface area contributed by atoms with E-state index in [9.17, 15) is 4.79 Å². The van der Waals surface area contributed by atoms with Gasteiger partial charge in [0.25, 0.3) is 0 Å². The van der Waals surface area contributed by atoms with Gasteiger partial charge in [-0.3, -0.25) is 9.89 Å². The first kappa shape index (κ1) is 13.3. The maximum absolute atomic E-state index is 12.0. The van der Waals surface area contributed by atoms with Crippen LogP contribution in [-0.4, -0.2) is 22.1 Å². The van der Waals surface area contributed by atoms with E-state index in [0.29, 0.717) is 6.54 Å². The van der Waals surface area contributed by atoms with E-state index in [-0.39, 0.29) is 11.9 Å². The third-order valence-electron chi connectivity index (χ3n) is 2.97. The Labute approximate surface area is 112 Å². The summed E-state index contributed by atoms with van der Waals surface area (Å²) in [6.07, 6.45) is 1.77. The fourth-order valence-electron chi connectivity index (χ4n) is 1.68. The van der Waals surface area contributed by atoms with Crippen molar-refractivity contribution in [2.45, 2.75) is 26.4 Å². The van der Waals surface area contributed by atoms with Crippen molar-refractivity contribution < 1.29 is 4.79 Å². The molecule has 0 aliphatic carbocycles. The second-order valence-electron chi connectivity index (χ2n) is 4.48. The van der Waals surface area contributed by atoms with Crippen LogP contribution in [0, 0.1) is 6.92 Å². The molecule has 1 atom stereocenters. The fourth-order valence-corrected chi connectivity index (χ4v) is 1.68. The Balaban J connectivity index is 1.84. The number of amides is 1. The van der Waals surface area contributed by atoms with Crippen molar-refractivity contribution in [3.63, 3.8) is 0 Å². The molecule has 5 heteroatoms. The molecule has 0 fully saturated rings. The Morgan fingerprint density at radius 3 is 2.74 bits per heavy atom. The Hall–Kier alpha value is -2.14. The average molecular weight is 258 g/mol.